The molecule has 0 spiro atoms. The summed E-state index contributed by atoms with van der Waals surface area (Å²) in [5.74, 6) is 0.167. The van der Waals surface area contributed by atoms with Gasteiger partial charge in [0.05, 0.1) is 50.1 Å². The SMILES string of the molecule is CC[C@@H]1CN2CCc3c([nH]c4c(-c5ccoc5)ccc(OC)c34)C2C[C@@H]1/C(=C\OC)C(=O)O. The summed E-state index contributed by atoms with van der Waals surface area (Å²) in [4.78, 5) is 18.3. The number of piperidine rings is 1. The third-order valence-corrected chi connectivity index (χ3v) is 7.46. The number of nitrogens with one attached hydrogen (secondary N) is 1. The molecule has 3 aromatic rings. The fraction of sp³-hybridized carbons (Fsp3) is 0.423. The van der Waals surface area contributed by atoms with E-state index in [0.29, 0.717) is 5.57 Å². The highest BCUT2D eigenvalue weighted by Gasteiger charge is 2.42. The van der Waals surface area contributed by atoms with Crippen molar-refractivity contribution in [2.45, 2.75) is 32.2 Å². The Morgan fingerprint density at radius 1 is 1.33 bits per heavy atom. The predicted octanol–water partition coefficient (Wildman–Crippen LogP) is 5.00. The van der Waals surface area contributed by atoms with Crippen molar-refractivity contribution < 1.29 is 23.8 Å². The number of carbonyl (C=O) groups is 1. The van der Waals surface area contributed by atoms with Crippen molar-refractivity contribution in [2.75, 3.05) is 27.3 Å². The number of carboxylic acid groups (broad SMARTS) is 1. The molecule has 0 amide bonds. The molecule has 1 saturated heterocycles. The summed E-state index contributed by atoms with van der Waals surface area (Å²) in [6.45, 7) is 3.97. The van der Waals surface area contributed by atoms with Crippen LogP contribution < -0.4 is 4.74 Å². The Hall–Kier alpha value is -3.19. The number of ether oxygens (including phenoxy) is 2. The number of nitrogens with zero attached hydrogens (tertiary/aromatic N) is 1. The lowest BCUT2D eigenvalue weighted by Crippen LogP contribution is -2.46. The van der Waals surface area contributed by atoms with Gasteiger partial charge in [0.1, 0.15) is 5.75 Å². The number of hydrogen-bond acceptors (Lipinski definition) is 5. The number of aliphatic carboxylic acids is 1. The Bertz CT molecular complexity index is 1190. The molecule has 2 aromatic heterocycles. The molecule has 1 fully saturated rings. The van der Waals surface area contributed by atoms with Crippen LogP contribution in [0, 0.1) is 11.8 Å². The van der Waals surface area contributed by atoms with Gasteiger partial charge in [0, 0.05) is 35.3 Å². The number of hydrogen-bond donors (Lipinski definition) is 2. The summed E-state index contributed by atoms with van der Waals surface area (Å²) < 4.78 is 16.3. The number of aromatic nitrogens is 1. The van der Waals surface area contributed by atoms with Gasteiger partial charge in [-0.15, -0.1) is 0 Å². The van der Waals surface area contributed by atoms with E-state index < -0.39 is 5.97 Å². The molecule has 7 heteroatoms. The van der Waals surface area contributed by atoms with Gasteiger partial charge in [0.15, 0.2) is 0 Å². The van der Waals surface area contributed by atoms with Crippen LogP contribution in [0.2, 0.25) is 0 Å². The van der Waals surface area contributed by atoms with E-state index in [1.807, 2.05) is 12.1 Å². The average Bonchev–Trinajstić information content (AvgIpc) is 3.49. The Kier molecular flexibility index (Phi) is 5.66. The summed E-state index contributed by atoms with van der Waals surface area (Å²) in [7, 11) is 3.22. The fourth-order valence-electron chi connectivity index (χ4n) is 5.89. The van der Waals surface area contributed by atoms with Crippen LogP contribution in [0.5, 0.6) is 5.75 Å². The minimum atomic E-state index is -0.898. The zero-order chi connectivity index (χ0) is 23.1. The summed E-state index contributed by atoms with van der Waals surface area (Å²) in [6.07, 6.45) is 7.45. The predicted molar refractivity (Wildman–Crippen MR) is 125 cm³/mol. The Labute approximate surface area is 193 Å². The van der Waals surface area contributed by atoms with E-state index in [1.165, 1.54) is 24.6 Å². The van der Waals surface area contributed by atoms with Crippen molar-refractivity contribution in [3.8, 4) is 16.9 Å². The quantitative estimate of drug-likeness (QED) is 0.406. The summed E-state index contributed by atoms with van der Waals surface area (Å²) in [5.41, 5.74) is 5.94. The van der Waals surface area contributed by atoms with Gasteiger partial charge >= 0.3 is 5.97 Å². The summed E-state index contributed by atoms with van der Waals surface area (Å²) in [6, 6.07) is 6.17. The van der Waals surface area contributed by atoms with Crippen molar-refractivity contribution in [3.05, 3.63) is 53.8 Å². The van der Waals surface area contributed by atoms with E-state index in [2.05, 4.69) is 22.9 Å². The molecular formula is C26H30N2O5. The number of benzene rings is 1. The molecule has 1 unspecified atom stereocenters. The molecule has 0 bridgehead atoms. The summed E-state index contributed by atoms with van der Waals surface area (Å²) >= 11 is 0. The molecule has 2 aliphatic rings. The van der Waals surface area contributed by atoms with Crippen LogP contribution in [-0.4, -0.2) is 48.3 Å². The zero-order valence-electron chi connectivity index (χ0n) is 19.3. The fourth-order valence-corrected chi connectivity index (χ4v) is 5.89. The second-order valence-electron chi connectivity index (χ2n) is 8.98. The first-order valence-corrected chi connectivity index (χ1v) is 11.5. The Morgan fingerprint density at radius 3 is 2.85 bits per heavy atom. The first-order valence-electron chi connectivity index (χ1n) is 11.5. The lowest BCUT2D eigenvalue weighted by Gasteiger charge is -2.46. The van der Waals surface area contributed by atoms with Gasteiger partial charge in [-0.2, -0.15) is 0 Å². The van der Waals surface area contributed by atoms with Gasteiger partial charge in [-0.05, 0) is 48.4 Å². The average molecular weight is 451 g/mol. The second kappa shape index (κ2) is 8.63. The van der Waals surface area contributed by atoms with Gasteiger partial charge in [0.25, 0.3) is 0 Å². The minimum absolute atomic E-state index is 0.0682. The van der Waals surface area contributed by atoms with Crippen LogP contribution in [0.3, 0.4) is 0 Å². The van der Waals surface area contributed by atoms with E-state index in [9.17, 15) is 9.90 Å². The summed E-state index contributed by atoms with van der Waals surface area (Å²) in [5, 5.41) is 11.0. The lowest BCUT2D eigenvalue weighted by molar-refractivity contribution is -0.134. The molecular weight excluding hydrogens is 420 g/mol. The van der Waals surface area contributed by atoms with Crippen molar-refractivity contribution in [2.24, 2.45) is 11.8 Å². The number of carboxylic acids is 1. The second-order valence-corrected chi connectivity index (χ2v) is 8.98. The number of fused-ring (bicyclic) bond motifs is 5. The number of H-pyrrole nitrogens is 1. The molecule has 7 nitrogen and oxygen atoms in total. The van der Waals surface area contributed by atoms with Crippen LogP contribution in [0.15, 0.2) is 47.0 Å². The van der Waals surface area contributed by atoms with Crippen molar-refractivity contribution in [3.63, 3.8) is 0 Å². The lowest BCUT2D eigenvalue weighted by atomic mass is 9.74. The smallest absolute Gasteiger partial charge is 0.334 e. The highest BCUT2D eigenvalue weighted by atomic mass is 16.5. The number of aromatic amines is 1. The molecule has 5 rings (SSSR count). The molecule has 4 heterocycles. The molecule has 0 saturated carbocycles. The molecule has 3 atom stereocenters. The van der Waals surface area contributed by atoms with E-state index >= 15 is 0 Å². The normalized spacial score (nSPS) is 23.2. The highest BCUT2D eigenvalue weighted by Crippen LogP contribution is 2.48. The zero-order valence-corrected chi connectivity index (χ0v) is 19.3. The number of rotatable bonds is 6. The minimum Gasteiger partial charge on any atom is -0.504 e. The van der Waals surface area contributed by atoms with Gasteiger partial charge in [0.2, 0.25) is 0 Å². The molecule has 33 heavy (non-hydrogen) atoms. The van der Waals surface area contributed by atoms with Crippen molar-refractivity contribution >= 4 is 16.9 Å². The van der Waals surface area contributed by atoms with Gasteiger partial charge < -0.3 is 24.0 Å². The van der Waals surface area contributed by atoms with Crippen molar-refractivity contribution in [1.29, 1.82) is 0 Å². The molecule has 2 aliphatic heterocycles. The van der Waals surface area contributed by atoms with E-state index in [0.717, 1.165) is 60.1 Å². The standard InChI is InChI=1S/C26H30N2O5/c1-4-15-12-28-9-7-18-23-22(32-3)6-5-17(16-8-10-33-13-16)25(23)27-24(18)21(28)11-19(15)20(14-31-2)26(29)30/h5-6,8,10,13-15,19,21,27H,4,7,9,11-12H2,1-3H3,(H,29,30)/b20-14+/t15-,19+,21?/m1/s1. The molecule has 1 aromatic carbocycles. The van der Waals surface area contributed by atoms with E-state index in [4.69, 9.17) is 13.9 Å². The van der Waals surface area contributed by atoms with Crippen LogP contribution in [-0.2, 0) is 16.0 Å². The monoisotopic (exact) mass is 450 g/mol. The maximum absolute atomic E-state index is 12.1. The van der Waals surface area contributed by atoms with Gasteiger partial charge in [-0.25, -0.2) is 4.79 Å². The Balaban J connectivity index is 1.63. The number of methoxy groups -OCH3 is 2. The molecule has 0 radical (unpaired) electrons. The maximum Gasteiger partial charge on any atom is 0.334 e. The largest absolute Gasteiger partial charge is 0.504 e. The Morgan fingerprint density at radius 2 is 2.18 bits per heavy atom. The van der Waals surface area contributed by atoms with Crippen molar-refractivity contribution in [1.82, 2.24) is 9.88 Å². The van der Waals surface area contributed by atoms with Crippen LogP contribution >= 0.6 is 0 Å². The topological polar surface area (TPSA) is 87.9 Å². The molecule has 2 N–H and O–H groups in total. The van der Waals surface area contributed by atoms with Crippen LogP contribution in [0.4, 0.5) is 0 Å². The first kappa shape index (κ1) is 21.6. The first-order chi connectivity index (χ1) is 16.1. The van der Waals surface area contributed by atoms with Crippen LogP contribution in [0.25, 0.3) is 22.0 Å². The van der Waals surface area contributed by atoms with Gasteiger partial charge in [-0.1, -0.05) is 13.3 Å². The third kappa shape index (κ3) is 3.51. The van der Waals surface area contributed by atoms with Crippen LogP contribution in [0.1, 0.15) is 37.1 Å². The number of furan rings is 1. The third-order valence-electron chi connectivity index (χ3n) is 7.46. The van der Waals surface area contributed by atoms with E-state index in [-0.39, 0.29) is 17.9 Å². The molecule has 174 valence electrons. The highest BCUT2D eigenvalue weighted by molar-refractivity contribution is 6.01. The van der Waals surface area contributed by atoms with Gasteiger partial charge in [-0.3, -0.25) is 4.90 Å². The maximum atomic E-state index is 12.1. The van der Waals surface area contributed by atoms with E-state index in [1.54, 1.807) is 19.6 Å². The molecule has 0 aliphatic carbocycles.